The minimum Gasteiger partial charge on any atom is -0.368 e. The van der Waals surface area contributed by atoms with E-state index in [1.807, 2.05) is 48.2 Å². The number of likely N-dealkylation sites (tertiary alicyclic amines) is 1. The minimum atomic E-state index is -0.429. The van der Waals surface area contributed by atoms with E-state index in [0.29, 0.717) is 13.1 Å². The van der Waals surface area contributed by atoms with Gasteiger partial charge in [-0.25, -0.2) is 4.98 Å². The largest absolute Gasteiger partial charge is 0.368 e. The number of aromatic nitrogens is 1. The second-order valence-corrected chi connectivity index (χ2v) is 8.65. The number of carbonyl (C=O) groups is 1. The summed E-state index contributed by atoms with van der Waals surface area (Å²) < 4.78 is 0. The lowest BCUT2D eigenvalue weighted by molar-refractivity contribution is 0.0788. The van der Waals surface area contributed by atoms with Crippen molar-refractivity contribution in [2.24, 2.45) is 4.99 Å². The lowest BCUT2D eigenvalue weighted by Gasteiger charge is -2.39. The number of hydrogen-bond donors (Lipinski definition) is 2. The third kappa shape index (κ3) is 3.35. The van der Waals surface area contributed by atoms with Crippen LogP contribution in [0.3, 0.4) is 0 Å². The number of aliphatic imine (C=N–C) groups is 1. The Bertz CT molecular complexity index is 946. The molecule has 1 amide bonds. The number of rotatable bonds is 1. The molecule has 4 rings (SSSR count). The Labute approximate surface area is 166 Å². The number of aryl methyl sites for hydroxylation is 1. The first-order valence-corrected chi connectivity index (χ1v) is 9.73. The third-order valence-electron chi connectivity index (χ3n) is 5.25. The molecule has 1 atom stereocenters. The molecule has 0 aliphatic carbocycles. The summed E-state index contributed by atoms with van der Waals surface area (Å²) in [5, 5.41) is 7.08. The van der Waals surface area contributed by atoms with Crippen LogP contribution in [0.25, 0.3) is 0 Å². The predicted octanol–water partition coefficient (Wildman–Crippen LogP) is 3.71. The highest BCUT2D eigenvalue weighted by Crippen LogP contribution is 2.36. The number of anilines is 2. The molecular formula is C22H27N5O. The van der Waals surface area contributed by atoms with Crippen molar-refractivity contribution in [3.63, 3.8) is 0 Å². The molecule has 6 heteroatoms. The molecule has 1 aromatic carbocycles. The number of pyridine rings is 1. The number of nitrogens with one attached hydrogen (secondary N) is 2. The highest BCUT2D eigenvalue weighted by Gasteiger charge is 2.47. The number of amides is 1. The van der Waals surface area contributed by atoms with E-state index in [-0.39, 0.29) is 11.4 Å². The highest BCUT2D eigenvalue weighted by atomic mass is 16.2. The van der Waals surface area contributed by atoms with E-state index in [9.17, 15) is 4.79 Å². The van der Waals surface area contributed by atoms with Crippen LogP contribution in [0.2, 0.25) is 0 Å². The molecule has 0 saturated carbocycles. The second kappa shape index (κ2) is 6.62. The Morgan fingerprint density at radius 1 is 1.21 bits per heavy atom. The van der Waals surface area contributed by atoms with E-state index >= 15 is 0 Å². The van der Waals surface area contributed by atoms with Crippen LogP contribution in [0, 0.1) is 6.92 Å². The van der Waals surface area contributed by atoms with Crippen LogP contribution in [0.1, 0.15) is 43.1 Å². The first-order valence-electron chi connectivity index (χ1n) is 9.73. The first kappa shape index (κ1) is 18.5. The molecule has 3 heterocycles. The quantitative estimate of drug-likeness (QED) is 0.795. The number of hydrogen-bond acceptors (Lipinski definition) is 4. The number of amidine groups is 1. The second-order valence-electron chi connectivity index (χ2n) is 8.65. The van der Waals surface area contributed by atoms with Crippen LogP contribution in [-0.2, 0) is 0 Å². The van der Waals surface area contributed by atoms with Crippen LogP contribution in [-0.4, -0.2) is 45.8 Å². The smallest absolute Gasteiger partial charge is 0.254 e. The van der Waals surface area contributed by atoms with Gasteiger partial charge in [0.15, 0.2) is 5.82 Å². The van der Waals surface area contributed by atoms with Crippen LogP contribution in [0.5, 0.6) is 0 Å². The summed E-state index contributed by atoms with van der Waals surface area (Å²) in [5.74, 6) is 1.70. The van der Waals surface area contributed by atoms with Crippen molar-refractivity contribution >= 4 is 23.2 Å². The van der Waals surface area contributed by atoms with E-state index in [1.54, 1.807) is 6.20 Å². The van der Waals surface area contributed by atoms with Gasteiger partial charge >= 0.3 is 0 Å². The number of nitrogens with zero attached hydrogens (tertiary/aromatic N) is 3. The molecule has 1 aromatic heterocycles. The van der Waals surface area contributed by atoms with Crippen LogP contribution < -0.4 is 10.6 Å². The molecule has 0 bridgehead atoms. The van der Waals surface area contributed by atoms with Gasteiger partial charge in [0, 0.05) is 18.3 Å². The zero-order chi connectivity index (χ0) is 19.9. The van der Waals surface area contributed by atoms with Crippen molar-refractivity contribution in [2.75, 3.05) is 23.7 Å². The van der Waals surface area contributed by atoms with Gasteiger partial charge in [-0.3, -0.25) is 9.79 Å². The monoisotopic (exact) mass is 377 g/mol. The molecule has 1 spiro atoms. The van der Waals surface area contributed by atoms with Crippen molar-refractivity contribution in [3.05, 3.63) is 53.7 Å². The molecule has 1 unspecified atom stereocenters. The fourth-order valence-electron chi connectivity index (χ4n) is 3.89. The molecule has 6 nitrogen and oxygen atoms in total. The topological polar surface area (TPSA) is 69.6 Å². The van der Waals surface area contributed by atoms with Gasteiger partial charge in [-0.05, 0) is 57.9 Å². The van der Waals surface area contributed by atoms with Crippen molar-refractivity contribution in [1.82, 2.24) is 9.88 Å². The Morgan fingerprint density at radius 2 is 2.00 bits per heavy atom. The average molecular weight is 377 g/mol. The van der Waals surface area contributed by atoms with Crippen LogP contribution in [0.15, 0.2) is 47.6 Å². The summed E-state index contributed by atoms with van der Waals surface area (Å²) >= 11 is 0. The summed E-state index contributed by atoms with van der Waals surface area (Å²) in [7, 11) is 0. The lowest BCUT2D eigenvalue weighted by Crippen LogP contribution is -2.55. The van der Waals surface area contributed by atoms with Crippen LogP contribution >= 0.6 is 0 Å². The Hall–Kier alpha value is -2.89. The molecular weight excluding hydrogens is 350 g/mol. The molecule has 146 valence electrons. The van der Waals surface area contributed by atoms with Gasteiger partial charge in [0.1, 0.15) is 11.4 Å². The fourth-order valence-corrected chi connectivity index (χ4v) is 3.89. The third-order valence-corrected chi connectivity index (χ3v) is 5.25. The van der Waals surface area contributed by atoms with Crippen molar-refractivity contribution in [3.8, 4) is 0 Å². The molecule has 0 radical (unpaired) electrons. The van der Waals surface area contributed by atoms with Crippen molar-refractivity contribution < 1.29 is 4.79 Å². The highest BCUT2D eigenvalue weighted by molar-refractivity contribution is 6.10. The predicted molar refractivity (Wildman–Crippen MR) is 113 cm³/mol. The molecule has 28 heavy (non-hydrogen) atoms. The normalized spacial score (nSPS) is 22.7. The van der Waals surface area contributed by atoms with E-state index in [2.05, 4.69) is 36.4 Å². The molecule has 1 saturated heterocycles. The standard InChI is InChI=1S/C22H27N5O/c1-15-8-5-6-9-16(15)19(28)27-13-11-22(14-27)20(26-21(2,3)4)24-18-17(25-22)10-7-12-23-18/h5-10,12,25H,11,13-14H2,1-4H3,(H,23,24,26). The van der Waals surface area contributed by atoms with Gasteiger partial charge < -0.3 is 15.5 Å². The lowest BCUT2D eigenvalue weighted by atomic mass is 9.93. The molecule has 1 fully saturated rings. The van der Waals surface area contributed by atoms with Gasteiger partial charge in [0.25, 0.3) is 5.91 Å². The van der Waals surface area contributed by atoms with E-state index in [4.69, 9.17) is 4.99 Å². The fraction of sp³-hybridized carbons (Fsp3) is 0.409. The van der Waals surface area contributed by atoms with Gasteiger partial charge in [0.05, 0.1) is 17.8 Å². The maximum absolute atomic E-state index is 13.2. The van der Waals surface area contributed by atoms with Crippen LogP contribution in [0.4, 0.5) is 11.5 Å². The van der Waals surface area contributed by atoms with Crippen molar-refractivity contribution in [1.29, 1.82) is 0 Å². The van der Waals surface area contributed by atoms with Gasteiger partial charge in [0.2, 0.25) is 0 Å². The summed E-state index contributed by atoms with van der Waals surface area (Å²) in [6.07, 6.45) is 2.56. The SMILES string of the molecule is Cc1ccccc1C(=O)N1CCC2(C1)Nc1cccnc1NC2=NC(C)(C)C. The summed E-state index contributed by atoms with van der Waals surface area (Å²) in [4.78, 5) is 24.5. The Balaban J connectivity index is 1.68. The van der Waals surface area contributed by atoms with E-state index in [0.717, 1.165) is 34.9 Å². The summed E-state index contributed by atoms with van der Waals surface area (Å²) in [6, 6.07) is 11.7. The maximum atomic E-state index is 13.2. The molecule has 2 aromatic rings. The number of carbonyl (C=O) groups excluding carboxylic acids is 1. The average Bonchev–Trinajstić information content (AvgIpc) is 3.06. The van der Waals surface area contributed by atoms with Gasteiger partial charge in [-0.2, -0.15) is 0 Å². The maximum Gasteiger partial charge on any atom is 0.254 e. The van der Waals surface area contributed by atoms with Crippen molar-refractivity contribution in [2.45, 2.75) is 45.2 Å². The van der Waals surface area contributed by atoms with Gasteiger partial charge in [-0.15, -0.1) is 0 Å². The van der Waals surface area contributed by atoms with Gasteiger partial charge in [-0.1, -0.05) is 18.2 Å². The first-order chi connectivity index (χ1) is 13.3. The van der Waals surface area contributed by atoms with E-state index in [1.165, 1.54) is 0 Å². The molecule has 2 aliphatic heterocycles. The Morgan fingerprint density at radius 3 is 2.75 bits per heavy atom. The zero-order valence-corrected chi connectivity index (χ0v) is 16.9. The summed E-state index contributed by atoms with van der Waals surface area (Å²) in [6.45, 7) is 9.46. The minimum absolute atomic E-state index is 0.0730. The number of fused-ring (bicyclic) bond motifs is 1. The Kier molecular flexibility index (Phi) is 4.37. The molecule has 2 N–H and O–H groups in total. The zero-order valence-electron chi connectivity index (χ0n) is 16.9. The molecule has 2 aliphatic rings. The summed E-state index contributed by atoms with van der Waals surface area (Å²) in [5.41, 5.74) is 2.04. The van der Waals surface area contributed by atoms with E-state index < -0.39 is 5.54 Å². The number of benzene rings is 1.